The number of hydrogen-bond acceptors (Lipinski definition) is 7. The molecule has 0 radical (unpaired) electrons. The Bertz CT molecular complexity index is 723. The van der Waals surface area contributed by atoms with E-state index in [2.05, 4.69) is 15.0 Å². The fourth-order valence-corrected chi connectivity index (χ4v) is 3.62. The third kappa shape index (κ3) is 3.96. The van der Waals surface area contributed by atoms with Gasteiger partial charge >= 0.3 is 24.1 Å². The van der Waals surface area contributed by atoms with Crippen molar-refractivity contribution in [2.45, 2.75) is 25.1 Å². The van der Waals surface area contributed by atoms with Crippen LogP contribution in [-0.2, 0) is 20.7 Å². The summed E-state index contributed by atoms with van der Waals surface area (Å²) < 4.78 is 39.8. The molecule has 142 valence electrons. The summed E-state index contributed by atoms with van der Waals surface area (Å²) in [6.07, 6.45) is -5.62. The molecule has 2 aliphatic rings. The molecule has 3 rings (SSSR count). The van der Waals surface area contributed by atoms with Gasteiger partial charge in [0.05, 0.1) is 24.7 Å². The Morgan fingerprint density at radius 1 is 1.42 bits per heavy atom. The maximum absolute atomic E-state index is 12.4. The lowest BCUT2D eigenvalue weighted by atomic mass is 10.2. The predicted octanol–water partition coefficient (Wildman–Crippen LogP) is 0.922. The molecule has 2 saturated heterocycles. The highest BCUT2D eigenvalue weighted by molar-refractivity contribution is 7.14. The molecule has 0 saturated carbocycles. The minimum Gasteiger partial charge on any atom is -0.386 e. The Morgan fingerprint density at radius 2 is 2.19 bits per heavy atom. The molecule has 2 aliphatic heterocycles. The van der Waals surface area contributed by atoms with Crippen molar-refractivity contribution in [3.05, 3.63) is 11.1 Å². The molecule has 1 aromatic rings. The van der Waals surface area contributed by atoms with E-state index in [9.17, 15) is 27.6 Å². The van der Waals surface area contributed by atoms with Gasteiger partial charge in [0.2, 0.25) is 0 Å². The summed E-state index contributed by atoms with van der Waals surface area (Å²) in [5.74, 6) is -3.81. The van der Waals surface area contributed by atoms with Crippen molar-refractivity contribution in [2.75, 3.05) is 31.1 Å². The normalized spacial score (nSPS) is 20.3. The van der Waals surface area contributed by atoms with Gasteiger partial charge in [-0.1, -0.05) is 0 Å². The van der Waals surface area contributed by atoms with Crippen LogP contribution in [0.15, 0.2) is 5.38 Å². The molecule has 1 atom stereocenters. The second kappa shape index (κ2) is 7.19. The first kappa shape index (κ1) is 18.6. The lowest BCUT2D eigenvalue weighted by Gasteiger charge is -2.28. The van der Waals surface area contributed by atoms with Crippen LogP contribution in [0.1, 0.15) is 12.1 Å². The maximum Gasteiger partial charge on any atom is 0.491 e. The van der Waals surface area contributed by atoms with E-state index in [1.807, 2.05) is 0 Å². The van der Waals surface area contributed by atoms with Gasteiger partial charge < -0.3 is 15.0 Å². The molecule has 1 aromatic heterocycles. The molecule has 8 nitrogen and oxygen atoms in total. The van der Waals surface area contributed by atoms with E-state index in [1.165, 1.54) is 11.3 Å². The van der Waals surface area contributed by atoms with Crippen LogP contribution >= 0.6 is 11.3 Å². The largest absolute Gasteiger partial charge is 0.491 e. The summed E-state index contributed by atoms with van der Waals surface area (Å²) in [6, 6.07) is -0.0560. The van der Waals surface area contributed by atoms with E-state index in [0.29, 0.717) is 30.5 Å². The second-order valence-electron chi connectivity index (χ2n) is 5.83. The number of fused-ring (bicyclic) bond motifs is 1. The number of amides is 2. The number of thiazole rings is 1. The van der Waals surface area contributed by atoms with E-state index in [1.54, 1.807) is 15.2 Å². The highest BCUT2D eigenvalue weighted by Gasteiger charge is 2.42. The Balaban J connectivity index is 1.54. The van der Waals surface area contributed by atoms with E-state index in [0.717, 1.165) is 6.54 Å². The molecule has 2 fully saturated rings. The number of aryl methyl sites for hydroxylation is 1. The SMILES string of the molecule is O=C(CCc1csc(N2C[C@@H]3CNCCN3C2=O)n1)OC(=O)C(F)(F)F. The van der Waals surface area contributed by atoms with Crippen LogP contribution in [0.25, 0.3) is 0 Å². The summed E-state index contributed by atoms with van der Waals surface area (Å²) in [4.78, 5) is 41.9. The van der Waals surface area contributed by atoms with Gasteiger partial charge in [0.15, 0.2) is 5.13 Å². The predicted molar refractivity (Wildman–Crippen MR) is 83.7 cm³/mol. The smallest absolute Gasteiger partial charge is 0.386 e. The van der Waals surface area contributed by atoms with Gasteiger partial charge in [-0.3, -0.25) is 9.69 Å². The third-order valence-corrected chi connectivity index (χ3v) is 4.93. The molecule has 0 spiro atoms. The number of aromatic nitrogens is 1. The van der Waals surface area contributed by atoms with Gasteiger partial charge in [-0.15, -0.1) is 11.3 Å². The monoisotopic (exact) mass is 392 g/mol. The average molecular weight is 392 g/mol. The van der Waals surface area contributed by atoms with Gasteiger partial charge in [0, 0.05) is 31.4 Å². The lowest BCUT2D eigenvalue weighted by molar-refractivity contribution is -0.201. The molecule has 12 heteroatoms. The summed E-state index contributed by atoms with van der Waals surface area (Å²) in [7, 11) is 0. The molecule has 2 amide bonds. The third-order valence-electron chi connectivity index (χ3n) is 4.01. The molecule has 26 heavy (non-hydrogen) atoms. The first-order valence-corrected chi connectivity index (χ1v) is 8.69. The van der Waals surface area contributed by atoms with Crippen molar-refractivity contribution < 1.29 is 32.3 Å². The van der Waals surface area contributed by atoms with Crippen LogP contribution in [0.5, 0.6) is 0 Å². The van der Waals surface area contributed by atoms with Gasteiger partial charge in [-0.05, 0) is 0 Å². The van der Waals surface area contributed by atoms with Crippen LogP contribution in [0.2, 0.25) is 0 Å². The minimum atomic E-state index is -5.21. The molecule has 0 bridgehead atoms. The van der Waals surface area contributed by atoms with Crippen molar-refractivity contribution in [3.8, 4) is 0 Å². The summed E-state index contributed by atoms with van der Waals surface area (Å²) in [6.45, 7) is 2.57. The zero-order valence-electron chi connectivity index (χ0n) is 13.4. The van der Waals surface area contributed by atoms with Crippen LogP contribution in [0, 0.1) is 0 Å². The van der Waals surface area contributed by atoms with E-state index in [-0.39, 0.29) is 18.5 Å². The number of hydrogen-bond donors (Lipinski definition) is 1. The summed E-state index contributed by atoms with van der Waals surface area (Å²) >= 11 is 1.21. The van der Waals surface area contributed by atoms with Crippen molar-refractivity contribution in [2.24, 2.45) is 0 Å². The number of nitrogens with zero attached hydrogens (tertiary/aromatic N) is 3. The fraction of sp³-hybridized carbons (Fsp3) is 0.571. The fourth-order valence-electron chi connectivity index (χ4n) is 2.76. The number of carbonyl (C=O) groups is 3. The first-order chi connectivity index (χ1) is 12.3. The molecular weight excluding hydrogens is 377 g/mol. The average Bonchev–Trinajstić information content (AvgIpc) is 3.17. The molecule has 0 unspecified atom stereocenters. The zero-order valence-corrected chi connectivity index (χ0v) is 14.2. The number of piperazine rings is 1. The molecule has 0 aromatic carbocycles. The Labute approximate surface area is 149 Å². The Hall–Kier alpha value is -2.21. The van der Waals surface area contributed by atoms with Crippen molar-refractivity contribution in [3.63, 3.8) is 0 Å². The topological polar surface area (TPSA) is 91.8 Å². The minimum absolute atomic E-state index is 0.0111. The van der Waals surface area contributed by atoms with Gasteiger partial charge in [0.1, 0.15) is 0 Å². The molecule has 0 aliphatic carbocycles. The Kier molecular flexibility index (Phi) is 5.14. The number of alkyl halides is 3. The second-order valence-corrected chi connectivity index (χ2v) is 6.66. The van der Waals surface area contributed by atoms with Gasteiger partial charge in [-0.2, -0.15) is 13.2 Å². The number of urea groups is 1. The van der Waals surface area contributed by atoms with Crippen molar-refractivity contribution >= 4 is 34.4 Å². The zero-order chi connectivity index (χ0) is 18.9. The molecular formula is C14H15F3N4O4S. The van der Waals surface area contributed by atoms with Gasteiger partial charge in [-0.25, -0.2) is 14.6 Å². The molecule has 1 N–H and O–H groups in total. The maximum atomic E-state index is 12.4. The standard InChI is InChI=1S/C14H15F3N4O4S/c15-14(16,17)11(23)25-10(22)2-1-8-7-26-12(19-8)21-6-9-5-18-3-4-20(9)13(21)24/h7,9,18H,1-6H2/t9-/m0/s1. The van der Waals surface area contributed by atoms with Crippen LogP contribution in [-0.4, -0.2) is 66.3 Å². The quantitative estimate of drug-likeness (QED) is 0.605. The van der Waals surface area contributed by atoms with Crippen LogP contribution < -0.4 is 10.2 Å². The number of rotatable bonds is 4. The highest BCUT2D eigenvalue weighted by atomic mass is 32.1. The number of nitrogens with one attached hydrogen (secondary N) is 1. The van der Waals surface area contributed by atoms with Crippen LogP contribution in [0.3, 0.4) is 0 Å². The van der Waals surface area contributed by atoms with Crippen molar-refractivity contribution in [1.82, 2.24) is 15.2 Å². The Morgan fingerprint density at radius 3 is 2.88 bits per heavy atom. The summed E-state index contributed by atoms with van der Waals surface area (Å²) in [5, 5.41) is 5.31. The van der Waals surface area contributed by atoms with E-state index < -0.39 is 24.5 Å². The summed E-state index contributed by atoms with van der Waals surface area (Å²) in [5.41, 5.74) is 0.442. The number of carbonyl (C=O) groups excluding carboxylic acids is 3. The number of halogens is 3. The number of anilines is 1. The van der Waals surface area contributed by atoms with Crippen LogP contribution in [0.4, 0.5) is 23.1 Å². The lowest BCUT2D eigenvalue weighted by Crippen LogP contribution is -2.49. The number of ether oxygens (including phenoxy) is 1. The molecule has 3 heterocycles. The van der Waals surface area contributed by atoms with E-state index >= 15 is 0 Å². The van der Waals surface area contributed by atoms with Gasteiger partial charge in [0.25, 0.3) is 0 Å². The number of esters is 2. The van der Waals surface area contributed by atoms with Crippen molar-refractivity contribution in [1.29, 1.82) is 0 Å². The van der Waals surface area contributed by atoms with E-state index in [4.69, 9.17) is 0 Å². The highest BCUT2D eigenvalue weighted by Crippen LogP contribution is 2.28. The first-order valence-electron chi connectivity index (χ1n) is 7.81.